The lowest BCUT2D eigenvalue weighted by atomic mass is 9.99. The zero-order valence-corrected chi connectivity index (χ0v) is 18.6. The van der Waals surface area contributed by atoms with Crippen LogP contribution in [0.2, 0.25) is 0 Å². The molecular weight excluding hydrogens is 394 g/mol. The molecular formula is C28H33N3O. The van der Waals surface area contributed by atoms with Gasteiger partial charge in [0.05, 0.1) is 0 Å². The molecule has 0 spiro atoms. The Morgan fingerprint density at radius 3 is 2.50 bits per heavy atom. The number of hydrogen-bond acceptors (Lipinski definition) is 4. The molecule has 1 saturated carbocycles. The highest BCUT2D eigenvalue weighted by Gasteiger charge is 2.38. The minimum absolute atomic E-state index is 0.364. The Hall–Kier alpha value is -2.66. The van der Waals surface area contributed by atoms with Crippen molar-refractivity contribution in [1.29, 1.82) is 0 Å². The topological polar surface area (TPSA) is 50.5 Å². The molecule has 0 bridgehead atoms. The minimum atomic E-state index is 0.364. The average molecular weight is 428 g/mol. The molecule has 166 valence electrons. The summed E-state index contributed by atoms with van der Waals surface area (Å²) < 4.78 is 6.26. The summed E-state index contributed by atoms with van der Waals surface area (Å²) in [5.41, 5.74) is 11.0. The van der Waals surface area contributed by atoms with Crippen molar-refractivity contribution >= 4 is 0 Å². The number of nitrogens with two attached hydrogens (primary N) is 1. The van der Waals surface area contributed by atoms with Gasteiger partial charge in [0.1, 0.15) is 12.4 Å². The molecule has 1 aliphatic carbocycles. The molecule has 4 nitrogen and oxygen atoms in total. The van der Waals surface area contributed by atoms with Gasteiger partial charge < -0.3 is 20.7 Å². The fourth-order valence-electron chi connectivity index (χ4n) is 4.75. The molecule has 3 aromatic carbocycles. The highest BCUT2D eigenvalue weighted by atomic mass is 16.5. The summed E-state index contributed by atoms with van der Waals surface area (Å²) in [5, 5.41) is 3.75. The maximum atomic E-state index is 6.26. The fraction of sp³-hybridized carbons (Fsp3) is 0.357. The second kappa shape index (κ2) is 9.86. The van der Waals surface area contributed by atoms with Crippen LogP contribution in [0.1, 0.15) is 29.9 Å². The molecule has 2 aliphatic rings. The summed E-state index contributed by atoms with van der Waals surface area (Å²) in [6.07, 6.45) is 2.34. The van der Waals surface area contributed by atoms with E-state index in [4.69, 9.17) is 10.5 Å². The molecule has 1 saturated heterocycles. The predicted octanol–water partition coefficient (Wildman–Crippen LogP) is 4.41. The fourth-order valence-corrected chi connectivity index (χ4v) is 4.75. The molecule has 0 unspecified atom stereocenters. The summed E-state index contributed by atoms with van der Waals surface area (Å²) in [7, 11) is 0. The second-order valence-corrected chi connectivity index (χ2v) is 9.15. The molecule has 3 aromatic rings. The van der Waals surface area contributed by atoms with E-state index in [1.165, 1.54) is 28.7 Å². The van der Waals surface area contributed by atoms with Crippen molar-refractivity contribution in [3.05, 3.63) is 90.0 Å². The van der Waals surface area contributed by atoms with E-state index in [2.05, 4.69) is 83.0 Å². The van der Waals surface area contributed by atoms with Crippen molar-refractivity contribution in [3.8, 4) is 16.9 Å². The van der Waals surface area contributed by atoms with E-state index in [1.807, 2.05) is 6.07 Å². The Morgan fingerprint density at radius 1 is 0.969 bits per heavy atom. The predicted molar refractivity (Wildman–Crippen MR) is 131 cm³/mol. The normalized spacial score (nSPS) is 22.7. The number of hydrogen-bond donors (Lipinski definition) is 2. The largest absolute Gasteiger partial charge is 0.488 e. The quantitative estimate of drug-likeness (QED) is 0.531. The second-order valence-electron chi connectivity index (χ2n) is 9.15. The van der Waals surface area contributed by atoms with E-state index in [9.17, 15) is 0 Å². The number of nitrogens with one attached hydrogen (secondary N) is 1. The number of rotatable bonds is 9. The third kappa shape index (κ3) is 5.21. The van der Waals surface area contributed by atoms with Crippen LogP contribution in [0.3, 0.4) is 0 Å². The SMILES string of the molecule is N[C@@H]1CCN(CCN[C@@H]2C[C@H]2c2ccc(OCc3ccccc3)c(-c3ccccc3)c2)C1. The monoisotopic (exact) mass is 427 g/mol. The van der Waals surface area contributed by atoms with Gasteiger partial charge in [-0.25, -0.2) is 0 Å². The van der Waals surface area contributed by atoms with Gasteiger partial charge in [-0.2, -0.15) is 0 Å². The highest BCUT2D eigenvalue weighted by molar-refractivity contribution is 5.71. The van der Waals surface area contributed by atoms with Crippen molar-refractivity contribution in [3.63, 3.8) is 0 Å². The number of likely N-dealkylation sites (tertiary alicyclic amines) is 1. The van der Waals surface area contributed by atoms with Gasteiger partial charge in [-0.1, -0.05) is 66.7 Å². The molecule has 4 heteroatoms. The lowest BCUT2D eigenvalue weighted by Crippen LogP contribution is -2.33. The smallest absolute Gasteiger partial charge is 0.127 e. The number of nitrogens with zero attached hydrogens (tertiary/aromatic N) is 1. The molecule has 0 amide bonds. The molecule has 1 heterocycles. The molecule has 32 heavy (non-hydrogen) atoms. The van der Waals surface area contributed by atoms with Crippen LogP contribution in [0.4, 0.5) is 0 Å². The Kier molecular flexibility index (Phi) is 6.54. The van der Waals surface area contributed by atoms with Crippen LogP contribution in [0.5, 0.6) is 5.75 Å². The first-order valence-corrected chi connectivity index (χ1v) is 11.8. The Balaban J connectivity index is 1.25. The zero-order chi connectivity index (χ0) is 21.8. The van der Waals surface area contributed by atoms with Crippen LogP contribution in [-0.2, 0) is 6.61 Å². The van der Waals surface area contributed by atoms with Crippen molar-refractivity contribution < 1.29 is 4.74 Å². The Morgan fingerprint density at radius 2 is 1.75 bits per heavy atom. The first-order valence-electron chi connectivity index (χ1n) is 11.8. The van der Waals surface area contributed by atoms with E-state index >= 15 is 0 Å². The average Bonchev–Trinajstić information content (AvgIpc) is 3.50. The van der Waals surface area contributed by atoms with Gasteiger partial charge in [0.25, 0.3) is 0 Å². The molecule has 5 rings (SSSR count). The van der Waals surface area contributed by atoms with Gasteiger partial charge in [0.2, 0.25) is 0 Å². The van der Waals surface area contributed by atoms with Crippen LogP contribution in [0.25, 0.3) is 11.1 Å². The summed E-state index contributed by atoms with van der Waals surface area (Å²) in [6, 6.07) is 28.6. The lowest BCUT2D eigenvalue weighted by Gasteiger charge is -2.16. The summed E-state index contributed by atoms with van der Waals surface area (Å²) in [5.74, 6) is 1.53. The van der Waals surface area contributed by atoms with Crippen LogP contribution < -0.4 is 15.8 Å². The maximum Gasteiger partial charge on any atom is 0.127 e. The van der Waals surface area contributed by atoms with Gasteiger partial charge in [0.15, 0.2) is 0 Å². The van der Waals surface area contributed by atoms with Gasteiger partial charge in [-0.05, 0) is 48.2 Å². The molecule has 3 N–H and O–H groups in total. The van der Waals surface area contributed by atoms with Crippen LogP contribution in [-0.4, -0.2) is 43.2 Å². The zero-order valence-electron chi connectivity index (χ0n) is 18.6. The Bertz CT molecular complexity index is 1010. The third-order valence-electron chi connectivity index (χ3n) is 6.69. The van der Waals surface area contributed by atoms with E-state index in [0.717, 1.165) is 38.3 Å². The van der Waals surface area contributed by atoms with Gasteiger partial charge >= 0.3 is 0 Å². The minimum Gasteiger partial charge on any atom is -0.488 e. The van der Waals surface area contributed by atoms with Crippen LogP contribution in [0, 0.1) is 0 Å². The van der Waals surface area contributed by atoms with Crippen molar-refractivity contribution in [2.45, 2.75) is 37.5 Å². The number of benzene rings is 3. The van der Waals surface area contributed by atoms with Crippen molar-refractivity contribution in [2.75, 3.05) is 26.2 Å². The molecule has 3 atom stereocenters. The summed E-state index contributed by atoms with van der Waals surface area (Å²) >= 11 is 0. The van der Waals surface area contributed by atoms with E-state index in [1.54, 1.807) is 0 Å². The highest BCUT2D eigenvalue weighted by Crippen LogP contribution is 2.43. The summed E-state index contributed by atoms with van der Waals surface area (Å²) in [4.78, 5) is 2.47. The lowest BCUT2D eigenvalue weighted by molar-refractivity contribution is 0.307. The standard InChI is InChI=1S/C28H33N3O/c29-24-13-15-31(19-24)16-14-30-27-18-25(27)23-11-12-28(32-20-21-7-3-1-4-8-21)26(17-23)22-9-5-2-6-10-22/h1-12,17,24-25,27,30H,13-16,18-20,29H2/t24-,25+,27-/m1/s1. The van der Waals surface area contributed by atoms with E-state index in [-0.39, 0.29) is 0 Å². The van der Waals surface area contributed by atoms with Crippen LogP contribution in [0.15, 0.2) is 78.9 Å². The van der Waals surface area contributed by atoms with E-state index < -0.39 is 0 Å². The van der Waals surface area contributed by atoms with E-state index in [0.29, 0.717) is 24.6 Å². The summed E-state index contributed by atoms with van der Waals surface area (Å²) in [6.45, 7) is 4.90. The molecule has 0 radical (unpaired) electrons. The van der Waals surface area contributed by atoms with Crippen molar-refractivity contribution in [2.24, 2.45) is 5.73 Å². The maximum absolute atomic E-state index is 6.26. The Labute approximate surface area is 191 Å². The first-order chi connectivity index (χ1) is 15.8. The van der Waals surface area contributed by atoms with Crippen molar-refractivity contribution in [1.82, 2.24) is 10.2 Å². The van der Waals surface area contributed by atoms with Gasteiger partial charge in [-0.15, -0.1) is 0 Å². The third-order valence-corrected chi connectivity index (χ3v) is 6.69. The molecule has 2 fully saturated rings. The molecule has 1 aliphatic heterocycles. The molecule has 0 aromatic heterocycles. The van der Waals surface area contributed by atoms with Crippen LogP contribution >= 0.6 is 0 Å². The van der Waals surface area contributed by atoms with Gasteiger partial charge in [0, 0.05) is 43.2 Å². The van der Waals surface area contributed by atoms with Gasteiger partial charge in [-0.3, -0.25) is 0 Å². The first kappa shape index (κ1) is 21.2. The number of ether oxygens (including phenoxy) is 1.